The van der Waals surface area contributed by atoms with Crippen LogP contribution in [0.5, 0.6) is 0 Å². The zero-order chi connectivity index (χ0) is 21.4. The predicted octanol–water partition coefficient (Wildman–Crippen LogP) is 4.42. The summed E-state index contributed by atoms with van der Waals surface area (Å²) in [5, 5.41) is 3.16. The number of hydrogen-bond acceptors (Lipinski definition) is 6. The third kappa shape index (κ3) is 6.12. The number of nitrogens with one attached hydrogen (secondary N) is 1. The van der Waals surface area contributed by atoms with Gasteiger partial charge in [-0.25, -0.2) is 9.78 Å². The number of thiazole rings is 1. The number of carbonyl (C=O) groups excluding carboxylic acids is 3. The van der Waals surface area contributed by atoms with E-state index in [2.05, 4.69) is 17.2 Å². The molecule has 0 saturated heterocycles. The molecule has 0 spiro atoms. The summed E-state index contributed by atoms with van der Waals surface area (Å²) in [6.45, 7) is 7.76. The van der Waals surface area contributed by atoms with Crippen molar-refractivity contribution >= 4 is 39.9 Å². The molecule has 0 aliphatic heterocycles. The van der Waals surface area contributed by atoms with Gasteiger partial charge in [0.25, 0.3) is 5.91 Å². The topological polar surface area (TPSA) is 88.6 Å². The van der Waals surface area contributed by atoms with Crippen LogP contribution in [0.4, 0.5) is 10.8 Å². The van der Waals surface area contributed by atoms with Crippen LogP contribution in [-0.4, -0.2) is 35.9 Å². The van der Waals surface area contributed by atoms with Gasteiger partial charge in [0.2, 0.25) is 5.91 Å². The second-order valence-corrected chi connectivity index (χ2v) is 7.53. The van der Waals surface area contributed by atoms with Crippen LogP contribution < -0.4 is 10.2 Å². The molecule has 7 nitrogen and oxygen atoms in total. The molecular weight excluding hydrogens is 390 g/mol. The van der Waals surface area contributed by atoms with Crippen molar-refractivity contribution in [2.75, 3.05) is 23.4 Å². The summed E-state index contributed by atoms with van der Waals surface area (Å²) in [5.74, 6) is -0.858. The molecule has 0 bridgehead atoms. The average Bonchev–Trinajstić information content (AvgIpc) is 3.06. The fraction of sp³-hybridized carbons (Fsp3) is 0.429. The number of nitrogens with zero attached hydrogens (tertiary/aromatic N) is 2. The average molecular weight is 418 g/mol. The van der Waals surface area contributed by atoms with Gasteiger partial charge in [0.1, 0.15) is 4.88 Å². The van der Waals surface area contributed by atoms with E-state index in [0.29, 0.717) is 33.5 Å². The smallest absolute Gasteiger partial charge is 0.350 e. The van der Waals surface area contributed by atoms with Gasteiger partial charge in [-0.3, -0.25) is 14.5 Å². The number of esters is 1. The number of aromatic nitrogens is 1. The lowest BCUT2D eigenvalue weighted by molar-refractivity contribution is -0.114. The molecule has 0 atom stereocenters. The molecular formula is C21H27N3O4S. The van der Waals surface area contributed by atoms with Gasteiger partial charge < -0.3 is 10.1 Å². The van der Waals surface area contributed by atoms with Gasteiger partial charge in [-0.1, -0.05) is 37.2 Å². The Labute approximate surface area is 175 Å². The third-order valence-electron chi connectivity index (χ3n) is 4.14. The van der Waals surface area contributed by atoms with Crippen molar-refractivity contribution in [3.8, 4) is 0 Å². The summed E-state index contributed by atoms with van der Waals surface area (Å²) in [7, 11) is 0. The van der Waals surface area contributed by atoms with Crippen LogP contribution in [0.1, 0.15) is 65.8 Å². The van der Waals surface area contributed by atoms with Crippen LogP contribution in [0.3, 0.4) is 0 Å². The second-order valence-electron chi connectivity index (χ2n) is 6.56. The van der Waals surface area contributed by atoms with Crippen LogP contribution in [0.15, 0.2) is 24.3 Å². The molecule has 156 valence electrons. The predicted molar refractivity (Wildman–Crippen MR) is 115 cm³/mol. The Kier molecular flexibility index (Phi) is 8.33. The van der Waals surface area contributed by atoms with E-state index in [9.17, 15) is 14.4 Å². The van der Waals surface area contributed by atoms with E-state index in [4.69, 9.17) is 4.74 Å². The molecule has 0 aliphatic carbocycles. The fourth-order valence-corrected chi connectivity index (χ4v) is 3.76. The quantitative estimate of drug-likeness (QED) is 0.482. The number of rotatable bonds is 9. The minimum atomic E-state index is -0.428. The molecule has 0 saturated carbocycles. The maximum Gasteiger partial charge on any atom is 0.350 e. The van der Waals surface area contributed by atoms with E-state index in [1.54, 1.807) is 43.0 Å². The van der Waals surface area contributed by atoms with Crippen LogP contribution >= 0.6 is 11.3 Å². The van der Waals surface area contributed by atoms with Crippen LogP contribution in [0.25, 0.3) is 0 Å². The zero-order valence-electron chi connectivity index (χ0n) is 17.3. The summed E-state index contributed by atoms with van der Waals surface area (Å²) in [4.78, 5) is 43.2. The molecule has 0 fully saturated rings. The molecule has 8 heteroatoms. The van der Waals surface area contributed by atoms with Crippen LogP contribution in [-0.2, 0) is 9.53 Å². The number of ether oxygens (including phenoxy) is 1. The van der Waals surface area contributed by atoms with E-state index in [0.717, 1.165) is 30.6 Å². The maximum atomic E-state index is 13.3. The molecule has 1 aromatic carbocycles. The van der Waals surface area contributed by atoms with E-state index < -0.39 is 5.97 Å². The first-order valence-corrected chi connectivity index (χ1v) is 10.5. The molecule has 2 aromatic rings. The Morgan fingerprint density at radius 1 is 1.21 bits per heavy atom. The number of aryl methyl sites for hydroxylation is 1. The van der Waals surface area contributed by atoms with Crippen molar-refractivity contribution in [2.24, 2.45) is 0 Å². The van der Waals surface area contributed by atoms with Gasteiger partial charge in [0, 0.05) is 24.7 Å². The van der Waals surface area contributed by atoms with Crippen molar-refractivity contribution in [2.45, 2.75) is 47.0 Å². The number of benzene rings is 1. The van der Waals surface area contributed by atoms with Crippen LogP contribution in [0, 0.1) is 6.92 Å². The highest BCUT2D eigenvalue weighted by Crippen LogP contribution is 2.29. The number of anilines is 2. The maximum absolute atomic E-state index is 13.3. The standard InChI is InChI=1S/C21H27N3O4S/c1-5-7-8-12-24(21-22-14(3)18(29-21)20(27)28-6-2)19(26)16-10-9-11-17(13-16)23-15(4)25/h9-11,13H,5-8,12H2,1-4H3,(H,23,25). The number of amides is 2. The highest BCUT2D eigenvalue weighted by molar-refractivity contribution is 7.17. The summed E-state index contributed by atoms with van der Waals surface area (Å²) in [6, 6.07) is 6.79. The lowest BCUT2D eigenvalue weighted by Gasteiger charge is -2.20. The van der Waals surface area contributed by atoms with Crippen molar-refractivity contribution in [3.63, 3.8) is 0 Å². The third-order valence-corrected chi connectivity index (χ3v) is 5.30. The lowest BCUT2D eigenvalue weighted by atomic mass is 10.1. The first kappa shape index (κ1) is 22.5. The number of hydrogen-bond donors (Lipinski definition) is 1. The Bertz CT molecular complexity index is 879. The highest BCUT2D eigenvalue weighted by atomic mass is 32.1. The van der Waals surface area contributed by atoms with Gasteiger partial charge >= 0.3 is 5.97 Å². The lowest BCUT2D eigenvalue weighted by Crippen LogP contribution is -2.32. The fourth-order valence-electron chi connectivity index (χ4n) is 2.78. The minimum absolute atomic E-state index is 0.205. The summed E-state index contributed by atoms with van der Waals surface area (Å²) >= 11 is 1.16. The van der Waals surface area contributed by atoms with E-state index >= 15 is 0 Å². The first-order chi connectivity index (χ1) is 13.9. The monoisotopic (exact) mass is 417 g/mol. The van der Waals surface area contributed by atoms with Crippen molar-refractivity contribution in [1.82, 2.24) is 4.98 Å². The van der Waals surface area contributed by atoms with Gasteiger partial charge in [0.15, 0.2) is 5.13 Å². The van der Waals surface area contributed by atoms with Gasteiger partial charge in [-0.2, -0.15) is 0 Å². The van der Waals surface area contributed by atoms with Crippen LogP contribution in [0.2, 0.25) is 0 Å². The van der Waals surface area contributed by atoms with Crippen molar-refractivity contribution in [3.05, 3.63) is 40.4 Å². The summed E-state index contributed by atoms with van der Waals surface area (Å²) in [6.07, 6.45) is 2.82. The molecule has 0 radical (unpaired) electrons. The molecule has 0 aliphatic rings. The van der Waals surface area contributed by atoms with E-state index in [1.165, 1.54) is 6.92 Å². The summed E-state index contributed by atoms with van der Waals surface area (Å²) < 4.78 is 5.09. The molecule has 0 unspecified atom stereocenters. The zero-order valence-corrected chi connectivity index (χ0v) is 18.1. The molecule has 1 aromatic heterocycles. The van der Waals surface area contributed by atoms with E-state index in [-0.39, 0.29) is 18.4 Å². The minimum Gasteiger partial charge on any atom is -0.462 e. The highest BCUT2D eigenvalue weighted by Gasteiger charge is 2.24. The van der Waals surface area contributed by atoms with Crippen molar-refractivity contribution in [1.29, 1.82) is 0 Å². The molecule has 1 N–H and O–H groups in total. The molecule has 2 rings (SSSR count). The Morgan fingerprint density at radius 2 is 1.97 bits per heavy atom. The Balaban J connectivity index is 2.35. The summed E-state index contributed by atoms with van der Waals surface area (Å²) in [5.41, 5.74) is 1.54. The van der Waals surface area contributed by atoms with E-state index in [1.807, 2.05) is 0 Å². The van der Waals surface area contributed by atoms with Gasteiger partial charge in [-0.15, -0.1) is 0 Å². The molecule has 29 heavy (non-hydrogen) atoms. The molecule has 2 amide bonds. The first-order valence-electron chi connectivity index (χ1n) is 9.71. The van der Waals surface area contributed by atoms with Gasteiger partial charge in [-0.05, 0) is 38.5 Å². The normalized spacial score (nSPS) is 10.5. The van der Waals surface area contributed by atoms with Crippen molar-refractivity contribution < 1.29 is 19.1 Å². The largest absolute Gasteiger partial charge is 0.462 e. The number of unbranched alkanes of at least 4 members (excludes halogenated alkanes) is 2. The Morgan fingerprint density at radius 3 is 2.62 bits per heavy atom. The molecule has 1 heterocycles. The SMILES string of the molecule is CCCCCN(C(=O)c1cccc(NC(C)=O)c1)c1nc(C)c(C(=O)OCC)s1. The second kappa shape index (κ2) is 10.7. The van der Waals surface area contributed by atoms with Gasteiger partial charge in [0.05, 0.1) is 12.3 Å². The Hall–Kier alpha value is -2.74. The number of carbonyl (C=O) groups is 3.